The molecule has 13 heavy (non-hydrogen) atoms. The van der Waals surface area contributed by atoms with E-state index in [-0.39, 0.29) is 0 Å². The van der Waals surface area contributed by atoms with Crippen molar-refractivity contribution < 1.29 is 15.2 Å². The van der Waals surface area contributed by atoms with Crippen LogP contribution in [0.15, 0.2) is 18.2 Å². The Kier molecular flexibility index (Phi) is 2.36. The minimum Gasteiger partial charge on any atom is -0.490 e. The second-order valence-corrected chi connectivity index (χ2v) is 3.08. The Labute approximate surface area is 77.5 Å². The average molecular weight is 180 g/mol. The molecule has 0 atom stereocenters. The van der Waals surface area contributed by atoms with E-state index in [9.17, 15) is 0 Å². The van der Waals surface area contributed by atoms with Gasteiger partial charge in [-0.25, -0.2) is 0 Å². The minimum absolute atomic E-state index is 0.744. The van der Waals surface area contributed by atoms with Crippen LogP contribution in [0.5, 0.6) is 11.5 Å². The third-order valence-electron chi connectivity index (χ3n) is 2.10. The van der Waals surface area contributed by atoms with Crippen molar-refractivity contribution in [3.05, 3.63) is 23.8 Å². The molecule has 3 heteroatoms. The Bertz CT molecular complexity index is 299. The molecule has 0 aliphatic carbocycles. The van der Waals surface area contributed by atoms with Crippen LogP contribution in [0.25, 0.3) is 0 Å². The second-order valence-electron chi connectivity index (χ2n) is 3.08. The zero-order valence-electron chi connectivity index (χ0n) is 7.58. The third-order valence-corrected chi connectivity index (χ3v) is 2.10. The van der Waals surface area contributed by atoms with Crippen molar-refractivity contribution in [3.8, 4) is 11.5 Å². The van der Waals surface area contributed by atoms with Gasteiger partial charge in [0.05, 0.1) is 19.8 Å². The Balaban J connectivity index is 2.32. The van der Waals surface area contributed by atoms with Crippen LogP contribution in [0.4, 0.5) is 0 Å². The highest BCUT2D eigenvalue weighted by atomic mass is 16.5. The molecule has 3 nitrogen and oxygen atoms in total. The maximum Gasteiger partial charge on any atom is 0.161 e. The Morgan fingerprint density at radius 2 is 1.92 bits per heavy atom. The fraction of sp³-hybridized carbons (Fsp3) is 0.400. The number of ether oxygens (including phenoxy) is 2. The number of hydrogen-bond acceptors (Lipinski definition) is 2. The predicted octanol–water partition coefficient (Wildman–Crippen LogP) is 0.590. The summed E-state index contributed by atoms with van der Waals surface area (Å²) in [6.45, 7) is 2.28. The summed E-state index contributed by atoms with van der Waals surface area (Å²) in [5, 5.41) is 0. The lowest BCUT2D eigenvalue weighted by atomic mass is 10.2. The molecule has 1 aliphatic heterocycles. The van der Waals surface area contributed by atoms with E-state index in [2.05, 4.69) is 5.73 Å². The van der Waals surface area contributed by atoms with Crippen molar-refractivity contribution in [3.63, 3.8) is 0 Å². The summed E-state index contributed by atoms with van der Waals surface area (Å²) in [5.41, 5.74) is 5.02. The van der Waals surface area contributed by atoms with Gasteiger partial charge in [0.1, 0.15) is 0 Å². The standard InChI is InChI=1S/C10H13NO2/c11-7-8-2-3-9-10(6-8)13-5-1-4-12-9/h2-3,6H,1,4-5,7,11H2/p+1. The lowest BCUT2D eigenvalue weighted by Crippen LogP contribution is -2.47. The van der Waals surface area contributed by atoms with Crippen LogP contribution in [0.2, 0.25) is 0 Å². The van der Waals surface area contributed by atoms with Crippen LogP contribution in [0, 0.1) is 0 Å². The van der Waals surface area contributed by atoms with E-state index in [0.717, 1.165) is 37.7 Å². The zero-order chi connectivity index (χ0) is 9.10. The number of fused-ring (bicyclic) bond motifs is 1. The maximum atomic E-state index is 5.54. The van der Waals surface area contributed by atoms with E-state index in [1.807, 2.05) is 18.2 Å². The summed E-state index contributed by atoms with van der Waals surface area (Å²) < 4.78 is 11.0. The molecule has 0 radical (unpaired) electrons. The van der Waals surface area contributed by atoms with E-state index in [0.29, 0.717) is 0 Å². The van der Waals surface area contributed by atoms with Gasteiger partial charge in [-0.3, -0.25) is 0 Å². The van der Waals surface area contributed by atoms with E-state index in [4.69, 9.17) is 9.47 Å². The summed E-state index contributed by atoms with van der Waals surface area (Å²) >= 11 is 0. The summed E-state index contributed by atoms with van der Waals surface area (Å²) in [4.78, 5) is 0. The van der Waals surface area contributed by atoms with Crippen LogP contribution in [0.3, 0.4) is 0 Å². The summed E-state index contributed by atoms with van der Waals surface area (Å²) in [6, 6.07) is 6.00. The van der Waals surface area contributed by atoms with Crippen LogP contribution < -0.4 is 15.2 Å². The summed E-state index contributed by atoms with van der Waals surface area (Å²) in [5.74, 6) is 1.72. The molecule has 70 valence electrons. The van der Waals surface area contributed by atoms with Gasteiger partial charge in [-0.15, -0.1) is 0 Å². The van der Waals surface area contributed by atoms with Gasteiger partial charge in [0.15, 0.2) is 11.5 Å². The Hall–Kier alpha value is -1.22. The first kappa shape index (κ1) is 8.38. The molecule has 0 aromatic heterocycles. The number of hydrogen-bond donors (Lipinski definition) is 1. The van der Waals surface area contributed by atoms with Gasteiger partial charge in [0, 0.05) is 12.0 Å². The molecular weight excluding hydrogens is 166 g/mol. The number of benzene rings is 1. The highest BCUT2D eigenvalue weighted by molar-refractivity contribution is 5.43. The normalized spacial score (nSPS) is 15.2. The summed E-state index contributed by atoms with van der Waals surface area (Å²) in [6.07, 6.45) is 0.953. The molecule has 2 rings (SSSR count). The van der Waals surface area contributed by atoms with Crippen LogP contribution in [0.1, 0.15) is 12.0 Å². The molecule has 1 aromatic rings. The first-order chi connectivity index (χ1) is 6.40. The molecule has 0 spiro atoms. The molecule has 3 N–H and O–H groups in total. The Morgan fingerprint density at radius 1 is 1.15 bits per heavy atom. The number of quaternary nitrogens is 1. The van der Waals surface area contributed by atoms with Gasteiger partial charge in [0.25, 0.3) is 0 Å². The van der Waals surface area contributed by atoms with Gasteiger partial charge in [0.2, 0.25) is 0 Å². The van der Waals surface area contributed by atoms with Gasteiger partial charge >= 0.3 is 0 Å². The molecule has 0 saturated heterocycles. The van der Waals surface area contributed by atoms with E-state index < -0.39 is 0 Å². The third kappa shape index (κ3) is 1.75. The van der Waals surface area contributed by atoms with E-state index in [1.165, 1.54) is 5.56 Å². The first-order valence-corrected chi connectivity index (χ1v) is 4.58. The first-order valence-electron chi connectivity index (χ1n) is 4.58. The highest BCUT2D eigenvalue weighted by Gasteiger charge is 2.09. The van der Waals surface area contributed by atoms with Gasteiger partial charge in [-0.1, -0.05) is 0 Å². The lowest BCUT2D eigenvalue weighted by Gasteiger charge is -2.07. The van der Waals surface area contributed by atoms with Crippen molar-refractivity contribution in [2.75, 3.05) is 13.2 Å². The average Bonchev–Trinajstić information content (AvgIpc) is 2.41. The molecule has 0 fully saturated rings. The van der Waals surface area contributed by atoms with Crippen molar-refractivity contribution in [2.24, 2.45) is 0 Å². The smallest absolute Gasteiger partial charge is 0.161 e. The summed E-state index contributed by atoms with van der Waals surface area (Å²) in [7, 11) is 0. The SMILES string of the molecule is [NH3+]Cc1ccc2c(c1)OCCCO2. The van der Waals surface area contributed by atoms with Crippen molar-refractivity contribution >= 4 is 0 Å². The van der Waals surface area contributed by atoms with Gasteiger partial charge in [-0.05, 0) is 18.2 Å². The van der Waals surface area contributed by atoms with Crippen molar-refractivity contribution in [2.45, 2.75) is 13.0 Å². The zero-order valence-corrected chi connectivity index (χ0v) is 7.58. The van der Waals surface area contributed by atoms with Gasteiger partial charge < -0.3 is 15.2 Å². The van der Waals surface area contributed by atoms with E-state index >= 15 is 0 Å². The monoisotopic (exact) mass is 180 g/mol. The fourth-order valence-corrected chi connectivity index (χ4v) is 1.36. The maximum absolute atomic E-state index is 5.54. The van der Waals surface area contributed by atoms with Crippen molar-refractivity contribution in [1.29, 1.82) is 0 Å². The molecule has 1 aliphatic rings. The molecule has 1 aromatic carbocycles. The molecule has 0 amide bonds. The quantitative estimate of drug-likeness (QED) is 0.687. The molecule has 0 saturated carbocycles. The molecular formula is C10H14NO2+. The second kappa shape index (κ2) is 3.66. The van der Waals surface area contributed by atoms with Crippen molar-refractivity contribution in [1.82, 2.24) is 0 Å². The highest BCUT2D eigenvalue weighted by Crippen LogP contribution is 2.29. The Morgan fingerprint density at radius 3 is 2.69 bits per heavy atom. The van der Waals surface area contributed by atoms with Crippen LogP contribution in [-0.2, 0) is 6.54 Å². The van der Waals surface area contributed by atoms with Gasteiger partial charge in [-0.2, -0.15) is 0 Å². The van der Waals surface area contributed by atoms with Crippen LogP contribution in [-0.4, -0.2) is 13.2 Å². The molecule has 0 bridgehead atoms. The van der Waals surface area contributed by atoms with Crippen LogP contribution >= 0.6 is 0 Å². The minimum atomic E-state index is 0.744. The largest absolute Gasteiger partial charge is 0.490 e. The van der Waals surface area contributed by atoms with E-state index in [1.54, 1.807) is 0 Å². The number of rotatable bonds is 1. The lowest BCUT2D eigenvalue weighted by molar-refractivity contribution is -0.386. The predicted molar refractivity (Wildman–Crippen MR) is 48.6 cm³/mol. The molecule has 1 heterocycles. The topological polar surface area (TPSA) is 46.1 Å². The molecule has 0 unspecified atom stereocenters. The fourth-order valence-electron chi connectivity index (χ4n) is 1.36.